The summed E-state index contributed by atoms with van der Waals surface area (Å²) in [7, 11) is 0. The van der Waals surface area contributed by atoms with Crippen molar-refractivity contribution in [3.8, 4) is 0 Å². The molecule has 2 aromatic heterocycles. The molecule has 0 atom stereocenters. The van der Waals surface area contributed by atoms with Crippen LogP contribution in [0.3, 0.4) is 0 Å². The van der Waals surface area contributed by atoms with Crippen LogP contribution in [0, 0.1) is 0 Å². The Bertz CT molecular complexity index is 918. The second kappa shape index (κ2) is 4.87. The second-order valence-electron chi connectivity index (χ2n) is 5.42. The molecule has 0 fully saturated rings. The molecular formula is C15H14N4O3. The van der Waals surface area contributed by atoms with Gasteiger partial charge >= 0.3 is 5.76 Å². The number of carbonyl (C=O) groups is 1. The maximum Gasteiger partial charge on any atom is 0.417 e. The number of H-pyrrole nitrogens is 2. The van der Waals surface area contributed by atoms with Gasteiger partial charge < -0.3 is 9.73 Å². The van der Waals surface area contributed by atoms with Gasteiger partial charge in [-0.2, -0.15) is 5.10 Å². The lowest BCUT2D eigenvalue weighted by atomic mass is 9.96. The summed E-state index contributed by atoms with van der Waals surface area (Å²) in [5, 5.41) is 9.89. The Balaban J connectivity index is 1.62. The molecule has 0 spiro atoms. The van der Waals surface area contributed by atoms with E-state index in [0.717, 1.165) is 36.9 Å². The van der Waals surface area contributed by atoms with Crippen LogP contribution in [0.25, 0.3) is 11.1 Å². The first-order chi connectivity index (χ1) is 10.7. The summed E-state index contributed by atoms with van der Waals surface area (Å²) in [6, 6.07) is 5.02. The summed E-state index contributed by atoms with van der Waals surface area (Å²) >= 11 is 0. The summed E-state index contributed by atoms with van der Waals surface area (Å²) in [5.41, 5.74) is 4.09. The Morgan fingerprint density at radius 3 is 3.05 bits per heavy atom. The molecule has 7 nitrogen and oxygen atoms in total. The fraction of sp³-hybridized carbons (Fsp3) is 0.267. The van der Waals surface area contributed by atoms with Crippen molar-refractivity contribution >= 4 is 22.7 Å². The predicted molar refractivity (Wildman–Crippen MR) is 80.0 cm³/mol. The summed E-state index contributed by atoms with van der Waals surface area (Å²) in [6.07, 6.45) is 4.02. The van der Waals surface area contributed by atoms with Crippen molar-refractivity contribution < 1.29 is 9.21 Å². The second-order valence-corrected chi connectivity index (χ2v) is 5.42. The van der Waals surface area contributed by atoms with Gasteiger partial charge in [-0.25, -0.2) is 4.79 Å². The van der Waals surface area contributed by atoms with Crippen molar-refractivity contribution in [2.24, 2.45) is 0 Å². The normalized spacial score (nSPS) is 14.0. The maximum absolute atomic E-state index is 12.4. The van der Waals surface area contributed by atoms with Crippen LogP contribution in [0.1, 0.15) is 34.6 Å². The maximum atomic E-state index is 12.4. The van der Waals surface area contributed by atoms with Gasteiger partial charge in [-0.05, 0) is 37.8 Å². The fourth-order valence-corrected chi connectivity index (χ4v) is 2.88. The van der Waals surface area contributed by atoms with Crippen molar-refractivity contribution in [3.63, 3.8) is 0 Å². The lowest BCUT2D eigenvalue weighted by Gasteiger charge is -2.11. The molecule has 0 bridgehead atoms. The standard InChI is InChI=1S/C15H14N4O3/c20-14(13-9-3-1-2-4-10(9)18-19-13)16-8-5-6-11-12(7-8)22-15(21)17-11/h5-7H,1-4H2,(H,16,20)(H,17,21)(H,18,19). The largest absolute Gasteiger partial charge is 0.417 e. The van der Waals surface area contributed by atoms with E-state index in [-0.39, 0.29) is 5.91 Å². The molecule has 112 valence electrons. The molecule has 0 saturated heterocycles. The molecule has 1 aliphatic carbocycles. The SMILES string of the molecule is O=C(Nc1ccc2[nH]c(=O)oc2c1)c1n[nH]c2c1CCCC2. The van der Waals surface area contributed by atoms with Gasteiger partial charge in [-0.1, -0.05) is 0 Å². The molecule has 1 amide bonds. The minimum atomic E-state index is -0.514. The topological polar surface area (TPSA) is 104 Å². The zero-order valence-electron chi connectivity index (χ0n) is 11.7. The molecule has 2 heterocycles. The lowest BCUT2D eigenvalue weighted by molar-refractivity contribution is 0.102. The van der Waals surface area contributed by atoms with E-state index in [1.54, 1.807) is 18.2 Å². The van der Waals surface area contributed by atoms with Gasteiger partial charge in [0.1, 0.15) is 0 Å². The van der Waals surface area contributed by atoms with Crippen LogP contribution in [0.5, 0.6) is 0 Å². The van der Waals surface area contributed by atoms with Gasteiger partial charge in [-0.15, -0.1) is 0 Å². The van der Waals surface area contributed by atoms with Gasteiger partial charge in [0.05, 0.1) is 5.52 Å². The highest BCUT2D eigenvalue weighted by atomic mass is 16.4. The summed E-state index contributed by atoms with van der Waals surface area (Å²) in [5.74, 6) is -0.767. The Hall–Kier alpha value is -2.83. The molecule has 0 radical (unpaired) electrons. The van der Waals surface area contributed by atoms with Crippen molar-refractivity contribution in [3.05, 3.63) is 45.7 Å². The minimum absolute atomic E-state index is 0.253. The monoisotopic (exact) mass is 298 g/mol. The Labute approximate surface area is 124 Å². The van der Waals surface area contributed by atoms with Crippen LogP contribution in [0.4, 0.5) is 5.69 Å². The van der Waals surface area contributed by atoms with Crippen LogP contribution in [-0.4, -0.2) is 21.1 Å². The van der Waals surface area contributed by atoms with Gasteiger partial charge in [-0.3, -0.25) is 14.9 Å². The zero-order valence-corrected chi connectivity index (χ0v) is 11.7. The molecule has 1 aliphatic rings. The van der Waals surface area contributed by atoms with Crippen LogP contribution < -0.4 is 11.1 Å². The number of fused-ring (bicyclic) bond motifs is 2. The number of aryl methyl sites for hydroxylation is 1. The van der Waals surface area contributed by atoms with Crippen molar-refractivity contribution in [1.29, 1.82) is 0 Å². The number of oxazole rings is 1. The van der Waals surface area contributed by atoms with Crippen LogP contribution >= 0.6 is 0 Å². The molecule has 0 unspecified atom stereocenters. The molecule has 3 aromatic rings. The average molecular weight is 298 g/mol. The third-order valence-corrected chi connectivity index (χ3v) is 3.95. The Morgan fingerprint density at radius 2 is 2.14 bits per heavy atom. The molecule has 7 heteroatoms. The first-order valence-electron chi connectivity index (χ1n) is 7.21. The summed E-state index contributed by atoms with van der Waals surface area (Å²) in [6.45, 7) is 0. The van der Waals surface area contributed by atoms with E-state index in [1.807, 2.05) is 0 Å². The molecule has 22 heavy (non-hydrogen) atoms. The quantitative estimate of drug-likeness (QED) is 0.673. The van der Waals surface area contributed by atoms with E-state index in [9.17, 15) is 9.59 Å². The van der Waals surface area contributed by atoms with E-state index in [4.69, 9.17) is 4.42 Å². The highest BCUT2D eigenvalue weighted by Crippen LogP contribution is 2.23. The van der Waals surface area contributed by atoms with E-state index < -0.39 is 5.76 Å². The molecule has 1 aromatic carbocycles. The van der Waals surface area contributed by atoms with E-state index in [1.165, 1.54) is 0 Å². The number of aromatic amines is 2. The van der Waals surface area contributed by atoms with Gasteiger partial charge in [0, 0.05) is 23.0 Å². The Morgan fingerprint density at radius 1 is 1.27 bits per heavy atom. The predicted octanol–water partition coefficient (Wildman–Crippen LogP) is 1.98. The van der Waals surface area contributed by atoms with Gasteiger partial charge in [0.15, 0.2) is 11.3 Å². The van der Waals surface area contributed by atoms with Crippen LogP contribution in [0.2, 0.25) is 0 Å². The molecule has 0 saturated carbocycles. The van der Waals surface area contributed by atoms with Crippen LogP contribution in [-0.2, 0) is 12.8 Å². The number of nitrogens with zero attached hydrogens (tertiary/aromatic N) is 1. The highest BCUT2D eigenvalue weighted by Gasteiger charge is 2.21. The molecule has 0 aliphatic heterocycles. The number of hydrogen-bond acceptors (Lipinski definition) is 4. The van der Waals surface area contributed by atoms with Crippen molar-refractivity contribution in [1.82, 2.24) is 15.2 Å². The van der Waals surface area contributed by atoms with Gasteiger partial charge in [0.25, 0.3) is 5.91 Å². The molecule has 3 N–H and O–H groups in total. The highest BCUT2D eigenvalue weighted by molar-refractivity contribution is 6.04. The Kier molecular flexibility index (Phi) is 2.85. The number of hydrogen-bond donors (Lipinski definition) is 3. The third kappa shape index (κ3) is 2.11. The number of anilines is 1. The number of benzene rings is 1. The number of nitrogens with one attached hydrogen (secondary N) is 3. The van der Waals surface area contributed by atoms with E-state index in [2.05, 4.69) is 20.5 Å². The van der Waals surface area contributed by atoms with Crippen molar-refractivity contribution in [2.75, 3.05) is 5.32 Å². The van der Waals surface area contributed by atoms with Crippen LogP contribution in [0.15, 0.2) is 27.4 Å². The lowest BCUT2D eigenvalue weighted by Crippen LogP contribution is -2.15. The third-order valence-electron chi connectivity index (χ3n) is 3.95. The summed E-state index contributed by atoms with van der Waals surface area (Å²) in [4.78, 5) is 26.1. The first kappa shape index (κ1) is 12.9. The number of amides is 1. The molecule has 4 rings (SSSR count). The number of carbonyl (C=O) groups excluding carboxylic acids is 1. The average Bonchev–Trinajstić information content (AvgIpc) is 3.09. The van der Waals surface area contributed by atoms with E-state index in [0.29, 0.717) is 22.5 Å². The minimum Gasteiger partial charge on any atom is -0.408 e. The van der Waals surface area contributed by atoms with E-state index >= 15 is 0 Å². The molecular weight excluding hydrogens is 284 g/mol. The number of rotatable bonds is 2. The summed E-state index contributed by atoms with van der Waals surface area (Å²) < 4.78 is 4.99. The number of aromatic nitrogens is 3. The zero-order chi connectivity index (χ0) is 15.1. The van der Waals surface area contributed by atoms with Crippen molar-refractivity contribution in [2.45, 2.75) is 25.7 Å². The smallest absolute Gasteiger partial charge is 0.408 e. The first-order valence-corrected chi connectivity index (χ1v) is 7.21. The van der Waals surface area contributed by atoms with Gasteiger partial charge in [0.2, 0.25) is 0 Å². The fourth-order valence-electron chi connectivity index (χ4n) is 2.88.